The molecule has 0 bridgehead atoms. The van der Waals surface area contributed by atoms with Crippen molar-refractivity contribution in [3.05, 3.63) is 33.8 Å². The topological polar surface area (TPSA) is 75.4 Å². The summed E-state index contributed by atoms with van der Waals surface area (Å²) in [7, 11) is 1.65. The van der Waals surface area contributed by atoms with Gasteiger partial charge in [-0.15, -0.1) is 12.4 Å². The zero-order chi connectivity index (χ0) is 16.9. The smallest absolute Gasteiger partial charge is 0.242 e. The van der Waals surface area contributed by atoms with Gasteiger partial charge in [0.25, 0.3) is 0 Å². The van der Waals surface area contributed by atoms with Crippen molar-refractivity contribution in [1.82, 2.24) is 10.2 Å². The second-order valence-electron chi connectivity index (χ2n) is 5.49. The Kier molecular flexibility index (Phi) is 9.54. The highest BCUT2D eigenvalue weighted by Crippen LogP contribution is 2.23. The van der Waals surface area contributed by atoms with Gasteiger partial charge in [0.1, 0.15) is 0 Å². The average molecular weight is 383 g/mol. The van der Waals surface area contributed by atoms with Crippen LogP contribution in [0.5, 0.6) is 0 Å². The lowest BCUT2D eigenvalue weighted by Gasteiger charge is -2.19. The maximum atomic E-state index is 12.0. The summed E-state index contributed by atoms with van der Waals surface area (Å²) in [6.45, 7) is 3.99. The summed E-state index contributed by atoms with van der Waals surface area (Å²) in [6, 6.07) is 4.57. The Morgan fingerprint density at radius 2 is 1.87 bits per heavy atom. The number of hydrogen-bond donors (Lipinski definition) is 2. The third-order valence-electron chi connectivity index (χ3n) is 3.26. The maximum absolute atomic E-state index is 12.0. The summed E-state index contributed by atoms with van der Waals surface area (Å²) in [6.07, 6.45) is 0. The van der Waals surface area contributed by atoms with Crippen LogP contribution in [0, 0.1) is 5.92 Å². The number of benzene rings is 1. The fraction of sp³-hybridized carbons (Fsp3) is 0.467. The Bertz CT molecular complexity index is 553. The van der Waals surface area contributed by atoms with Gasteiger partial charge in [0.15, 0.2) is 0 Å². The average Bonchev–Trinajstić information content (AvgIpc) is 2.47. The van der Waals surface area contributed by atoms with Crippen LogP contribution in [-0.2, 0) is 16.1 Å². The van der Waals surface area contributed by atoms with Gasteiger partial charge in [-0.05, 0) is 23.6 Å². The van der Waals surface area contributed by atoms with Gasteiger partial charge in [0.2, 0.25) is 11.8 Å². The van der Waals surface area contributed by atoms with Gasteiger partial charge in [-0.25, -0.2) is 0 Å². The molecule has 0 saturated carbocycles. The molecule has 1 aromatic carbocycles. The van der Waals surface area contributed by atoms with E-state index in [1.807, 2.05) is 13.8 Å². The van der Waals surface area contributed by atoms with Gasteiger partial charge in [0.05, 0.1) is 22.6 Å². The number of halogens is 3. The van der Waals surface area contributed by atoms with Crippen LogP contribution in [0.4, 0.5) is 0 Å². The highest BCUT2D eigenvalue weighted by molar-refractivity contribution is 6.42. The van der Waals surface area contributed by atoms with Crippen molar-refractivity contribution >= 4 is 47.4 Å². The minimum Gasteiger partial charge on any atom is -0.346 e. The van der Waals surface area contributed by atoms with Gasteiger partial charge in [-0.1, -0.05) is 43.1 Å². The molecule has 1 atom stereocenters. The third kappa shape index (κ3) is 6.96. The van der Waals surface area contributed by atoms with Crippen LogP contribution in [-0.4, -0.2) is 36.3 Å². The number of nitrogens with two attached hydrogens (primary N) is 1. The van der Waals surface area contributed by atoms with Crippen LogP contribution in [0.15, 0.2) is 18.2 Å². The van der Waals surface area contributed by atoms with E-state index in [1.165, 1.54) is 4.90 Å². The van der Waals surface area contributed by atoms with Gasteiger partial charge in [-0.2, -0.15) is 0 Å². The van der Waals surface area contributed by atoms with Gasteiger partial charge in [0, 0.05) is 13.6 Å². The van der Waals surface area contributed by atoms with E-state index in [0.29, 0.717) is 16.6 Å². The highest BCUT2D eigenvalue weighted by Gasteiger charge is 2.18. The van der Waals surface area contributed by atoms with E-state index >= 15 is 0 Å². The molecule has 8 heteroatoms. The van der Waals surface area contributed by atoms with Crippen molar-refractivity contribution in [1.29, 1.82) is 0 Å². The predicted octanol–water partition coefficient (Wildman–Crippen LogP) is 2.47. The largest absolute Gasteiger partial charge is 0.346 e. The molecule has 0 aromatic heterocycles. The first-order chi connectivity index (χ1) is 10.2. The van der Waals surface area contributed by atoms with Crippen LogP contribution in [0.2, 0.25) is 10.0 Å². The summed E-state index contributed by atoms with van der Waals surface area (Å²) in [5.74, 6) is -0.522. The molecule has 0 radical (unpaired) electrons. The van der Waals surface area contributed by atoms with E-state index < -0.39 is 6.04 Å². The molecule has 5 nitrogen and oxygen atoms in total. The quantitative estimate of drug-likeness (QED) is 0.793. The number of carbonyl (C=O) groups excluding carboxylic acids is 2. The lowest BCUT2D eigenvalue weighted by molar-refractivity contribution is -0.132. The van der Waals surface area contributed by atoms with E-state index in [-0.39, 0.29) is 36.7 Å². The van der Waals surface area contributed by atoms with Crippen molar-refractivity contribution in [2.24, 2.45) is 11.7 Å². The van der Waals surface area contributed by atoms with Crippen LogP contribution < -0.4 is 11.1 Å². The molecule has 0 aliphatic heterocycles. The number of rotatable bonds is 6. The van der Waals surface area contributed by atoms with E-state index in [2.05, 4.69) is 5.32 Å². The number of hydrogen-bond acceptors (Lipinski definition) is 3. The highest BCUT2D eigenvalue weighted by atomic mass is 35.5. The second-order valence-corrected chi connectivity index (χ2v) is 6.30. The molecule has 1 rings (SSSR count). The summed E-state index contributed by atoms with van der Waals surface area (Å²) in [4.78, 5) is 25.2. The first-order valence-electron chi connectivity index (χ1n) is 6.93. The summed E-state index contributed by atoms with van der Waals surface area (Å²) < 4.78 is 0. The SMILES string of the molecule is CC(C)[C@H](N)C(=O)NCC(=O)N(C)Cc1ccc(Cl)c(Cl)c1.Cl. The number of likely N-dealkylation sites (N-methyl/N-ethyl adjacent to an activating group) is 1. The Labute approximate surface area is 152 Å². The van der Waals surface area contributed by atoms with Crippen molar-refractivity contribution < 1.29 is 9.59 Å². The molecule has 130 valence electrons. The second kappa shape index (κ2) is 9.98. The fourth-order valence-corrected chi connectivity index (χ4v) is 2.04. The van der Waals surface area contributed by atoms with Gasteiger partial charge < -0.3 is 16.0 Å². The molecule has 1 aromatic rings. The van der Waals surface area contributed by atoms with Crippen LogP contribution in [0.1, 0.15) is 19.4 Å². The molecular weight excluding hydrogens is 361 g/mol. The van der Waals surface area contributed by atoms with Crippen LogP contribution >= 0.6 is 35.6 Å². The molecule has 0 aliphatic carbocycles. The summed E-state index contributed by atoms with van der Waals surface area (Å²) >= 11 is 11.8. The monoisotopic (exact) mass is 381 g/mol. The van der Waals surface area contributed by atoms with Crippen molar-refractivity contribution in [3.63, 3.8) is 0 Å². The van der Waals surface area contributed by atoms with Crippen LogP contribution in [0.25, 0.3) is 0 Å². The molecule has 0 fully saturated rings. The molecular formula is C15H22Cl3N3O2. The molecule has 23 heavy (non-hydrogen) atoms. The molecule has 0 unspecified atom stereocenters. The molecule has 0 heterocycles. The standard InChI is InChI=1S/C15H21Cl2N3O2.ClH/c1-9(2)14(18)15(22)19-7-13(21)20(3)8-10-4-5-11(16)12(17)6-10;/h4-6,9,14H,7-8,18H2,1-3H3,(H,19,22);1H/t14-;/m0./s1. The Balaban J connectivity index is 0.00000484. The molecule has 3 N–H and O–H groups in total. The summed E-state index contributed by atoms with van der Waals surface area (Å²) in [5, 5.41) is 3.46. The minimum absolute atomic E-state index is 0. The fourth-order valence-electron chi connectivity index (χ4n) is 1.72. The van der Waals surface area contributed by atoms with E-state index in [0.717, 1.165) is 5.56 Å². The van der Waals surface area contributed by atoms with Gasteiger partial charge in [-0.3, -0.25) is 9.59 Å². The summed E-state index contributed by atoms with van der Waals surface area (Å²) in [5.41, 5.74) is 6.57. The lowest BCUT2D eigenvalue weighted by Crippen LogP contribution is -2.47. The molecule has 2 amide bonds. The Hall–Kier alpha value is -1.01. The van der Waals surface area contributed by atoms with Crippen molar-refractivity contribution in [3.8, 4) is 0 Å². The molecule has 0 spiro atoms. The number of nitrogens with zero attached hydrogens (tertiary/aromatic N) is 1. The first-order valence-corrected chi connectivity index (χ1v) is 7.69. The molecule has 0 aliphatic rings. The zero-order valence-corrected chi connectivity index (χ0v) is 15.6. The number of amides is 2. The normalized spacial score (nSPS) is 11.6. The maximum Gasteiger partial charge on any atom is 0.242 e. The number of carbonyl (C=O) groups is 2. The lowest BCUT2D eigenvalue weighted by atomic mass is 10.1. The van der Waals surface area contributed by atoms with E-state index in [4.69, 9.17) is 28.9 Å². The first kappa shape index (κ1) is 22.0. The zero-order valence-electron chi connectivity index (χ0n) is 13.3. The molecule has 0 saturated heterocycles. The Morgan fingerprint density at radius 1 is 1.26 bits per heavy atom. The van der Waals surface area contributed by atoms with Gasteiger partial charge >= 0.3 is 0 Å². The van der Waals surface area contributed by atoms with Crippen LogP contribution in [0.3, 0.4) is 0 Å². The van der Waals surface area contributed by atoms with E-state index in [9.17, 15) is 9.59 Å². The van der Waals surface area contributed by atoms with Crippen molar-refractivity contribution in [2.75, 3.05) is 13.6 Å². The predicted molar refractivity (Wildman–Crippen MR) is 96.0 cm³/mol. The van der Waals surface area contributed by atoms with E-state index in [1.54, 1.807) is 25.2 Å². The third-order valence-corrected chi connectivity index (χ3v) is 4.00. The number of nitrogens with one attached hydrogen (secondary N) is 1. The Morgan fingerprint density at radius 3 is 2.39 bits per heavy atom. The minimum atomic E-state index is -0.617. The van der Waals surface area contributed by atoms with Crippen molar-refractivity contribution in [2.45, 2.75) is 26.4 Å².